The van der Waals surface area contributed by atoms with Crippen molar-refractivity contribution in [1.29, 1.82) is 0 Å². The molecule has 4 aromatic rings. The molecule has 0 fully saturated rings. The summed E-state index contributed by atoms with van der Waals surface area (Å²) in [7, 11) is 0. The van der Waals surface area contributed by atoms with Crippen LogP contribution >= 0.6 is 0 Å². The zero-order chi connectivity index (χ0) is 28.3. The number of amides is 1. The van der Waals surface area contributed by atoms with Crippen molar-refractivity contribution in [3.8, 4) is 11.1 Å². The molecule has 7 rings (SSSR count). The summed E-state index contributed by atoms with van der Waals surface area (Å²) in [4.78, 5) is 27.6. The van der Waals surface area contributed by atoms with Crippen LogP contribution in [0.25, 0.3) is 17.2 Å². The molecule has 6 heteroatoms. The molecule has 2 heterocycles. The zero-order valence-corrected chi connectivity index (χ0v) is 23.0. The fourth-order valence-corrected chi connectivity index (χ4v) is 6.45. The number of benzene rings is 4. The van der Waals surface area contributed by atoms with Gasteiger partial charge in [-0.1, -0.05) is 68.4 Å². The van der Waals surface area contributed by atoms with Gasteiger partial charge in [-0.3, -0.25) is 4.79 Å². The van der Waals surface area contributed by atoms with E-state index in [4.69, 9.17) is 0 Å². The summed E-state index contributed by atoms with van der Waals surface area (Å²) in [5, 5.41) is 15.1. The van der Waals surface area contributed by atoms with Crippen LogP contribution in [0.4, 0.5) is 17.1 Å². The topological polar surface area (TPSA) is 73.2 Å². The summed E-state index contributed by atoms with van der Waals surface area (Å²) in [6.45, 7) is 5.51. The van der Waals surface area contributed by atoms with Gasteiger partial charge in [0.05, 0.1) is 11.3 Å². The first kappa shape index (κ1) is 25.0. The van der Waals surface area contributed by atoms with E-state index >= 15 is 0 Å². The molecule has 1 aliphatic carbocycles. The lowest BCUT2D eigenvalue weighted by Crippen LogP contribution is -2.25. The lowest BCUT2D eigenvalue weighted by atomic mass is 9.82. The van der Waals surface area contributed by atoms with Gasteiger partial charge in [-0.15, -0.1) is 0 Å². The largest absolute Gasteiger partial charge is 0.476 e. The Hall–Kier alpha value is -4.97. The van der Waals surface area contributed by atoms with Crippen molar-refractivity contribution >= 4 is 40.7 Å². The minimum atomic E-state index is -1.23. The maximum atomic E-state index is 13.2. The van der Waals surface area contributed by atoms with Crippen molar-refractivity contribution in [3.63, 3.8) is 0 Å². The van der Waals surface area contributed by atoms with E-state index in [0.717, 1.165) is 35.6 Å². The van der Waals surface area contributed by atoms with Crippen molar-refractivity contribution in [2.45, 2.75) is 32.1 Å². The number of hydrogen-bond acceptors (Lipinski definition) is 4. The van der Waals surface area contributed by atoms with Crippen LogP contribution in [0, 0.1) is 0 Å². The Balaban J connectivity index is 1.23. The molecule has 0 saturated carbocycles. The first-order valence-electron chi connectivity index (χ1n) is 13.9. The third-order valence-electron chi connectivity index (χ3n) is 8.49. The monoisotopic (exact) mass is 539 g/mol. The van der Waals surface area contributed by atoms with Gasteiger partial charge < -0.3 is 10.0 Å². The Morgan fingerprint density at radius 2 is 1.63 bits per heavy atom. The van der Waals surface area contributed by atoms with Crippen LogP contribution in [0.3, 0.4) is 0 Å². The summed E-state index contributed by atoms with van der Waals surface area (Å²) in [5.74, 6) is -1.68. The highest BCUT2D eigenvalue weighted by atomic mass is 16.4. The van der Waals surface area contributed by atoms with Crippen molar-refractivity contribution in [1.82, 2.24) is 0 Å². The molecule has 2 aliphatic heterocycles. The van der Waals surface area contributed by atoms with Gasteiger partial charge in [0.15, 0.2) is 5.71 Å². The van der Waals surface area contributed by atoms with Crippen LogP contribution in [0.15, 0.2) is 102 Å². The van der Waals surface area contributed by atoms with Gasteiger partial charge in [0, 0.05) is 23.3 Å². The molecule has 0 aromatic heterocycles. The molecule has 202 valence electrons. The van der Waals surface area contributed by atoms with Gasteiger partial charge in [0.25, 0.3) is 5.91 Å². The Morgan fingerprint density at radius 3 is 2.44 bits per heavy atom. The Kier molecular flexibility index (Phi) is 5.68. The Bertz CT molecular complexity index is 1800. The van der Waals surface area contributed by atoms with Gasteiger partial charge in [-0.05, 0) is 88.7 Å². The highest BCUT2D eigenvalue weighted by Crippen LogP contribution is 2.50. The van der Waals surface area contributed by atoms with Crippen molar-refractivity contribution in [2.75, 3.05) is 16.5 Å². The summed E-state index contributed by atoms with van der Waals surface area (Å²) < 4.78 is 0. The van der Waals surface area contributed by atoms with Crippen LogP contribution in [-0.4, -0.2) is 29.2 Å². The number of para-hydroxylation sites is 1. The number of anilines is 3. The SMILES string of the molecule is CC1(C)c2ccccc2-c2ccc(N3CCCc4cc(C=C5C(=O)N(c6ccccc6)N=C5C(=O)O)ccc43)cc21. The van der Waals surface area contributed by atoms with Crippen LogP contribution in [0.2, 0.25) is 0 Å². The standard InChI is InChI=1S/C35H29N3O3/c1-35(2)29-13-7-6-12-26(29)27-16-15-25(21-30(27)35)37-18-8-9-23-19-22(14-17-31(23)37)20-28-32(34(40)41)36-38(33(28)39)24-10-4-3-5-11-24/h3-7,10-17,19-21H,8-9,18H2,1-2H3,(H,40,41). The highest BCUT2D eigenvalue weighted by molar-refractivity contribution is 6.53. The van der Waals surface area contributed by atoms with E-state index in [1.165, 1.54) is 33.5 Å². The molecule has 0 spiro atoms. The molecule has 0 atom stereocenters. The molecule has 0 radical (unpaired) electrons. The van der Waals surface area contributed by atoms with Crippen LogP contribution in [0.1, 0.15) is 42.5 Å². The lowest BCUT2D eigenvalue weighted by Gasteiger charge is -2.33. The van der Waals surface area contributed by atoms with Gasteiger partial charge in [-0.2, -0.15) is 10.1 Å². The van der Waals surface area contributed by atoms with Crippen molar-refractivity contribution in [3.05, 3.63) is 119 Å². The number of rotatable bonds is 4. The number of nitrogens with zero attached hydrogens (tertiary/aromatic N) is 3. The maximum absolute atomic E-state index is 13.2. The fraction of sp³-hybridized carbons (Fsp3) is 0.171. The molecule has 41 heavy (non-hydrogen) atoms. The van der Waals surface area contributed by atoms with E-state index in [2.05, 4.69) is 78.4 Å². The first-order chi connectivity index (χ1) is 19.8. The van der Waals surface area contributed by atoms with E-state index in [0.29, 0.717) is 5.69 Å². The molecule has 4 aromatic carbocycles. The molecule has 3 aliphatic rings. The quantitative estimate of drug-likeness (QED) is 0.285. The third-order valence-corrected chi connectivity index (χ3v) is 8.49. The average molecular weight is 540 g/mol. The molecule has 0 saturated heterocycles. The summed E-state index contributed by atoms with van der Waals surface area (Å²) >= 11 is 0. The van der Waals surface area contributed by atoms with Crippen LogP contribution in [-0.2, 0) is 21.4 Å². The molecule has 0 unspecified atom stereocenters. The number of hydrazone groups is 1. The number of carboxylic acid groups (broad SMARTS) is 1. The number of aliphatic carboxylic acids is 1. The summed E-state index contributed by atoms with van der Waals surface area (Å²) in [6.07, 6.45) is 3.55. The van der Waals surface area contributed by atoms with Gasteiger partial charge in [0.2, 0.25) is 0 Å². The number of aryl methyl sites for hydroxylation is 1. The van der Waals surface area contributed by atoms with Crippen LogP contribution in [0.5, 0.6) is 0 Å². The van der Waals surface area contributed by atoms with Crippen LogP contribution < -0.4 is 9.91 Å². The second kappa shape index (κ2) is 9.30. The normalized spacial score (nSPS) is 17.8. The predicted molar refractivity (Wildman–Crippen MR) is 163 cm³/mol. The Labute approximate surface area is 238 Å². The minimum Gasteiger partial charge on any atom is -0.476 e. The molecule has 0 bridgehead atoms. The summed E-state index contributed by atoms with van der Waals surface area (Å²) in [6, 6.07) is 30.5. The van der Waals surface area contributed by atoms with Gasteiger partial charge >= 0.3 is 5.97 Å². The second-order valence-electron chi connectivity index (χ2n) is 11.3. The minimum absolute atomic E-state index is 0.0680. The van der Waals surface area contributed by atoms with Gasteiger partial charge in [-0.25, -0.2) is 4.79 Å². The number of hydrogen-bond donors (Lipinski definition) is 1. The molecule has 1 N–H and O–H groups in total. The van der Waals surface area contributed by atoms with Gasteiger partial charge in [0.1, 0.15) is 0 Å². The molecule has 6 nitrogen and oxygen atoms in total. The number of carbonyl (C=O) groups excluding carboxylic acids is 1. The van der Waals surface area contributed by atoms with Crippen molar-refractivity contribution in [2.24, 2.45) is 5.10 Å². The highest BCUT2D eigenvalue weighted by Gasteiger charge is 2.37. The zero-order valence-electron chi connectivity index (χ0n) is 23.0. The van der Waals surface area contributed by atoms with E-state index in [1.54, 1.807) is 30.3 Å². The smallest absolute Gasteiger partial charge is 0.357 e. The first-order valence-corrected chi connectivity index (χ1v) is 13.9. The lowest BCUT2D eigenvalue weighted by molar-refractivity contribution is -0.129. The maximum Gasteiger partial charge on any atom is 0.357 e. The fourth-order valence-electron chi connectivity index (χ4n) is 6.45. The number of carboxylic acids is 1. The third kappa shape index (κ3) is 3.98. The van der Waals surface area contributed by atoms with Crippen molar-refractivity contribution < 1.29 is 14.7 Å². The van der Waals surface area contributed by atoms with E-state index in [1.807, 2.05) is 12.1 Å². The van der Waals surface area contributed by atoms with E-state index in [-0.39, 0.29) is 16.7 Å². The molecular formula is C35H29N3O3. The Morgan fingerprint density at radius 1 is 0.878 bits per heavy atom. The second-order valence-corrected chi connectivity index (χ2v) is 11.3. The molecule has 1 amide bonds. The summed E-state index contributed by atoms with van der Waals surface area (Å²) in [5.41, 5.74) is 9.87. The van der Waals surface area contributed by atoms with E-state index in [9.17, 15) is 14.7 Å². The number of carbonyl (C=O) groups is 2. The van der Waals surface area contributed by atoms with E-state index < -0.39 is 11.9 Å². The molecular weight excluding hydrogens is 510 g/mol. The predicted octanol–water partition coefficient (Wildman–Crippen LogP) is 6.95. The number of fused-ring (bicyclic) bond motifs is 4. The average Bonchev–Trinajstić information content (AvgIpc) is 3.43.